The molecular formula is C22H21NO4. The van der Waals surface area contributed by atoms with E-state index in [0.717, 1.165) is 5.56 Å². The fraction of sp³-hybridized carbons (Fsp3) is 0.182. The number of carbonyl (C=O) groups is 2. The van der Waals surface area contributed by atoms with Crippen molar-refractivity contribution < 1.29 is 18.7 Å². The first kappa shape index (κ1) is 18.5. The normalized spacial score (nSPS) is 11.6. The van der Waals surface area contributed by atoms with Crippen LogP contribution in [0.2, 0.25) is 0 Å². The number of amides is 1. The zero-order valence-corrected chi connectivity index (χ0v) is 15.3. The monoisotopic (exact) mass is 363 g/mol. The van der Waals surface area contributed by atoms with Crippen molar-refractivity contribution in [3.05, 3.63) is 89.4 Å². The maximum Gasteiger partial charge on any atom is 0.225 e. The van der Waals surface area contributed by atoms with E-state index in [1.54, 1.807) is 37.6 Å². The molecule has 0 bridgehead atoms. The van der Waals surface area contributed by atoms with Gasteiger partial charge < -0.3 is 14.5 Å². The molecule has 0 aliphatic heterocycles. The molecule has 0 saturated heterocycles. The van der Waals surface area contributed by atoms with E-state index in [9.17, 15) is 9.59 Å². The van der Waals surface area contributed by atoms with Crippen LogP contribution in [0.15, 0.2) is 71.3 Å². The molecule has 3 aromatic rings. The number of hydrogen-bond acceptors (Lipinski definition) is 4. The maximum absolute atomic E-state index is 12.7. The van der Waals surface area contributed by atoms with E-state index in [2.05, 4.69) is 5.32 Å². The van der Waals surface area contributed by atoms with Crippen molar-refractivity contribution in [2.45, 2.75) is 19.4 Å². The summed E-state index contributed by atoms with van der Waals surface area (Å²) in [5.74, 6) is 0.972. The van der Waals surface area contributed by atoms with Gasteiger partial charge in [-0.1, -0.05) is 30.3 Å². The fourth-order valence-electron chi connectivity index (χ4n) is 2.94. The van der Waals surface area contributed by atoms with Crippen LogP contribution in [0.3, 0.4) is 0 Å². The van der Waals surface area contributed by atoms with Crippen LogP contribution >= 0.6 is 0 Å². The summed E-state index contributed by atoms with van der Waals surface area (Å²) in [6, 6.07) is 17.9. The minimum Gasteiger partial charge on any atom is -0.496 e. The van der Waals surface area contributed by atoms with E-state index < -0.39 is 6.04 Å². The predicted molar refractivity (Wildman–Crippen MR) is 102 cm³/mol. The van der Waals surface area contributed by atoms with E-state index in [1.165, 1.54) is 6.92 Å². The molecule has 1 amide bonds. The van der Waals surface area contributed by atoms with Gasteiger partial charge in [-0.15, -0.1) is 0 Å². The lowest BCUT2D eigenvalue weighted by Gasteiger charge is -2.18. The van der Waals surface area contributed by atoms with Crippen LogP contribution in [0.4, 0.5) is 0 Å². The molecule has 138 valence electrons. The Hall–Kier alpha value is -3.34. The SMILES string of the molecule is COc1ccc(C(C)=O)cc1CC(=O)NC(c1ccccc1)c1ccco1. The highest BCUT2D eigenvalue weighted by molar-refractivity contribution is 5.94. The molecule has 0 radical (unpaired) electrons. The number of hydrogen-bond donors (Lipinski definition) is 1. The highest BCUT2D eigenvalue weighted by Gasteiger charge is 2.20. The molecule has 5 nitrogen and oxygen atoms in total. The zero-order valence-electron chi connectivity index (χ0n) is 15.3. The van der Waals surface area contributed by atoms with E-state index in [0.29, 0.717) is 22.6 Å². The average molecular weight is 363 g/mol. The summed E-state index contributed by atoms with van der Waals surface area (Å²) in [6.45, 7) is 1.49. The number of ketones is 1. The lowest BCUT2D eigenvalue weighted by Crippen LogP contribution is -2.30. The summed E-state index contributed by atoms with van der Waals surface area (Å²) >= 11 is 0. The predicted octanol–water partition coefficient (Wildman–Crippen LogP) is 3.94. The molecule has 2 aromatic carbocycles. The summed E-state index contributed by atoms with van der Waals surface area (Å²) in [5.41, 5.74) is 2.13. The van der Waals surface area contributed by atoms with Gasteiger partial charge in [0.1, 0.15) is 17.6 Å². The molecule has 1 aromatic heterocycles. The van der Waals surface area contributed by atoms with Gasteiger partial charge in [-0.3, -0.25) is 9.59 Å². The lowest BCUT2D eigenvalue weighted by atomic mass is 10.0. The van der Waals surface area contributed by atoms with Gasteiger partial charge in [-0.25, -0.2) is 0 Å². The van der Waals surface area contributed by atoms with Crippen LogP contribution in [0.25, 0.3) is 0 Å². The third-order valence-corrected chi connectivity index (χ3v) is 4.30. The molecule has 0 fully saturated rings. The number of benzene rings is 2. The van der Waals surface area contributed by atoms with Crippen LogP contribution in [0.5, 0.6) is 5.75 Å². The molecule has 0 aliphatic carbocycles. The Bertz CT molecular complexity index is 917. The van der Waals surface area contributed by atoms with Crippen molar-refractivity contribution in [1.29, 1.82) is 0 Å². The molecule has 5 heteroatoms. The lowest BCUT2D eigenvalue weighted by molar-refractivity contribution is -0.121. The van der Waals surface area contributed by atoms with E-state index in [4.69, 9.17) is 9.15 Å². The van der Waals surface area contributed by atoms with Crippen molar-refractivity contribution in [3.8, 4) is 5.75 Å². The van der Waals surface area contributed by atoms with Crippen LogP contribution in [-0.4, -0.2) is 18.8 Å². The van der Waals surface area contributed by atoms with Gasteiger partial charge >= 0.3 is 0 Å². The summed E-state index contributed by atoms with van der Waals surface area (Å²) in [7, 11) is 1.54. The number of methoxy groups -OCH3 is 1. The van der Waals surface area contributed by atoms with Gasteiger partial charge in [0.05, 0.1) is 19.8 Å². The van der Waals surface area contributed by atoms with Gasteiger partial charge in [0.2, 0.25) is 5.91 Å². The third-order valence-electron chi connectivity index (χ3n) is 4.30. The Balaban J connectivity index is 1.83. The van der Waals surface area contributed by atoms with Gasteiger partial charge in [0.15, 0.2) is 5.78 Å². The first-order valence-corrected chi connectivity index (χ1v) is 8.64. The molecule has 1 unspecified atom stereocenters. The second-order valence-electron chi connectivity index (χ2n) is 6.19. The molecule has 3 rings (SSSR count). The maximum atomic E-state index is 12.7. The number of rotatable bonds is 7. The molecule has 0 aliphatic rings. The smallest absolute Gasteiger partial charge is 0.225 e. The molecular weight excluding hydrogens is 342 g/mol. The molecule has 27 heavy (non-hydrogen) atoms. The van der Waals surface area contributed by atoms with Crippen molar-refractivity contribution in [1.82, 2.24) is 5.32 Å². The topological polar surface area (TPSA) is 68.5 Å². The largest absolute Gasteiger partial charge is 0.496 e. The number of carbonyl (C=O) groups excluding carboxylic acids is 2. The van der Waals surface area contributed by atoms with Crippen LogP contribution in [0.1, 0.15) is 40.2 Å². The quantitative estimate of drug-likeness (QED) is 0.646. The van der Waals surface area contributed by atoms with Crippen LogP contribution < -0.4 is 10.1 Å². The Morgan fingerprint density at radius 2 is 1.85 bits per heavy atom. The van der Waals surface area contributed by atoms with Gasteiger partial charge in [-0.2, -0.15) is 0 Å². The molecule has 1 N–H and O–H groups in total. The van der Waals surface area contributed by atoms with Crippen molar-refractivity contribution >= 4 is 11.7 Å². The van der Waals surface area contributed by atoms with E-state index >= 15 is 0 Å². The summed E-state index contributed by atoms with van der Waals surface area (Å²) < 4.78 is 10.8. The van der Waals surface area contributed by atoms with Gasteiger partial charge in [0, 0.05) is 11.1 Å². The first-order chi connectivity index (χ1) is 13.1. The molecule has 0 saturated carbocycles. The van der Waals surface area contributed by atoms with Gasteiger partial charge in [-0.05, 0) is 42.8 Å². The Morgan fingerprint density at radius 1 is 1.07 bits per heavy atom. The first-order valence-electron chi connectivity index (χ1n) is 8.64. The zero-order chi connectivity index (χ0) is 19.2. The van der Waals surface area contributed by atoms with Gasteiger partial charge in [0.25, 0.3) is 0 Å². The molecule has 1 heterocycles. The second-order valence-corrected chi connectivity index (χ2v) is 6.19. The van der Waals surface area contributed by atoms with Crippen LogP contribution in [0, 0.1) is 0 Å². The minimum absolute atomic E-state index is 0.0583. The Morgan fingerprint density at radius 3 is 2.48 bits per heavy atom. The highest BCUT2D eigenvalue weighted by atomic mass is 16.5. The summed E-state index contributed by atoms with van der Waals surface area (Å²) in [4.78, 5) is 24.4. The average Bonchev–Trinajstić information content (AvgIpc) is 3.21. The highest BCUT2D eigenvalue weighted by Crippen LogP contribution is 2.24. The summed E-state index contributed by atoms with van der Waals surface area (Å²) in [5, 5.41) is 3.01. The van der Waals surface area contributed by atoms with E-state index in [-0.39, 0.29) is 18.1 Å². The fourth-order valence-corrected chi connectivity index (χ4v) is 2.94. The third kappa shape index (κ3) is 4.44. The number of ether oxygens (including phenoxy) is 1. The number of Topliss-reactive ketones (excluding diaryl/α,β-unsaturated/α-hetero) is 1. The Labute approximate surface area is 158 Å². The van der Waals surface area contributed by atoms with Crippen molar-refractivity contribution in [2.75, 3.05) is 7.11 Å². The van der Waals surface area contributed by atoms with Crippen molar-refractivity contribution in [2.24, 2.45) is 0 Å². The Kier molecular flexibility index (Phi) is 5.71. The minimum atomic E-state index is -0.393. The second kappa shape index (κ2) is 8.36. The standard InChI is InChI=1S/C22H21NO4/c1-15(24)17-10-11-19(26-2)18(13-17)14-21(25)23-22(20-9-6-12-27-20)16-7-4-3-5-8-16/h3-13,22H,14H2,1-2H3,(H,23,25). The molecule has 0 spiro atoms. The number of nitrogens with one attached hydrogen (secondary N) is 1. The van der Waals surface area contributed by atoms with Crippen LogP contribution in [-0.2, 0) is 11.2 Å². The van der Waals surface area contributed by atoms with Crippen molar-refractivity contribution in [3.63, 3.8) is 0 Å². The van der Waals surface area contributed by atoms with E-state index in [1.807, 2.05) is 36.4 Å². The summed E-state index contributed by atoms with van der Waals surface area (Å²) in [6.07, 6.45) is 1.67. The molecule has 1 atom stereocenters. The number of furan rings is 1.